The summed E-state index contributed by atoms with van der Waals surface area (Å²) < 4.78 is 21.9. The molecule has 6 nitrogen and oxygen atoms in total. The molecule has 0 aliphatic rings. The molecule has 0 spiro atoms. The highest BCUT2D eigenvalue weighted by atomic mass is 16.5. The van der Waals surface area contributed by atoms with Crippen LogP contribution in [0, 0.1) is 43.3 Å². The van der Waals surface area contributed by atoms with E-state index in [0.29, 0.717) is 47.9 Å². The van der Waals surface area contributed by atoms with Crippen LogP contribution in [0.4, 0.5) is 0 Å². The Kier molecular flexibility index (Phi) is 33.7. The van der Waals surface area contributed by atoms with Crippen LogP contribution >= 0.6 is 0 Å². The summed E-state index contributed by atoms with van der Waals surface area (Å²) in [6.07, 6.45) is 12.4. The van der Waals surface area contributed by atoms with E-state index in [9.17, 15) is 9.90 Å². The lowest BCUT2D eigenvalue weighted by atomic mass is 9.89. The molecule has 0 aromatic heterocycles. The summed E-state index contributed by atoms with van der Waals surface area (Å²) in [6.45, 7) is 61.0. The van der Waals surface area contributed by atoms with Crippen molar-refractivity contribution in [3.05, 3.63) is 12.3 Å². The summed E-state index contributed by atoms with van der Waals surface area (Å²) in [5, 5.41) is 9.66. The molecule has 60 heavy (non-hydrogen) atoms. The van der Waals surface area contributed by atoms with Gasteiger partial charge in [-0.3, -0.25) is 4.79 Å². The fourth-order valence-electron chi connectivity index (χ4n) is 5.19. The Balaban J connectivity index is -0.000000350. The third kappa shape index (κ3) is 71.4. The molecule has 0 rings (SSSR count). The molecule has 0 heterocycles. The third-order valence-electron chi connectivity index (χ3n) is 8.46. The second-order valence-electron chi connectivity index (χ2n) is 27.2. The van der Waals surface area contributed by atoms with Crippen LogP contribution < -0.4 is 0 Å². The van der Waals surface area contributed by atoms with Crippen molar-refractivity contribution in [3.8, 4) is 0 Å². The highest BCUT2D eigenvalue weighted by Gasteiger charge is 2.19. The zero-order chi connectivity index (χ0) is 48.3. The number of rotatable bonds is 20. The van der Waals surface area contributed by atoms with Crippen molar-refractivity contribution in [2.45, 2.75) is 249 Å². The van der Waals surface area contributed by atoms with E-state index in [-0.39, 0.29) is 33.7 Å². The minimum Gasteiger partial charge on any atom is -0.498 e. The van der Waals surface area contributed by atoms with E-state index in [2.05, 4.69) is 173 Å². The topological polar surface area (TPSA) is 74.2 Å². The molecule has 0 bridgehead atoms. The normalized spacial score (nSPS) is 13.5. The maximum atomic E-state index is 11.4. The SMILES string of the molecule is C=C(CCCCC(C)(C)C)OCC(C)(C)C.CC(C)(C)CCCCC(=O)OCCC(C)(C)C.CC(C)(C)CCCOCC(C)(C)C.CC(C)(C)COCC(O)CC(C)(C)C. The van der Waals surface area contributed by atoms with Crippen LogP contribution in [0.25, 0.3) is 0 Å². The molecule has 6 heteroatoms. The van der Waals surface area contributed by atoms with Gasteiger partial charge in [0, 0.05) is 19.4 Å². The zero-order valence-corrected chi connectivity index (χ0v) is 45.5. The van der Waals surface area contributed by atoms with Crippen molar-refractivity contribution in [2.75, 3.05) is 39.6 Å². The second-order valence-corrected chi connectivity index (χ2v) is 27.2. The Bertz CT molecular complexity index is 1020. The molecule has 0 aromatic carbocycles. The number of aliphatic hydroxyl groups is 1. The first-order valence-corrected chi connectivity index (χ1v) is 23.8. The van der Waals surface area contributed by atoms with Crippen molar-refractivity contribution in [1.29, 1.82) is 0 Å². The molecule has 1 N–H and O–H groups in total. The van der Waals surface area contributed by atoms with Gasteiger partial charge in [-0.2, -0.15) is 0 Å². The number of allylic oxidation sites excluding steroid dienone is 1. The largest absolute Gasteiger partial charge is 0.498 e. The molecule has 1 unspecified atom stereocenters. The van der Waals surface area contributed by atoms with Gasteiger partial charge in [0.15, 0.2) is 0 Å². The van der Waals surface area contributed by atoms with E-state index in [1.807, 2.05) is 0 Å². The maximum Gasteiger partial charge on any atom is 0.305 e. The average Bonchev–Trinajstić information content (AvgIpc) is 2.97. The second kappa shape index (κ2) is 30.9. The van der Waals surface area contributed by atoms with Crippen molar-refractivity contribution in [3.63, 3.8) is 0 Å². The van der Waals surface area contributed by atoms with Gasteiger partial charge in [0.1, 0.15) is 0 Å². The number of aliphatic hydroxyl groups excluding tert-OH is 1. The predicted octanol–water partition coefficient (Wildman–Crippen LogP) is 16.5. The van der Waals surface area contributed by atoms with Crippen molar-refractivity contribution in [1.82, 2.24) is 0 Å². The van der Waals surface area contributed by atoms with Crippen LogP contribution in [-0.4, -0.2) is 56.8 Å². The molecule has 0 fully saturated rings. The smallest absolute Gasteiger partial charge is 0.305 e. The minimum atomic E-state index is -0.336. The third-order valence-corrected chi connectivity index (χ3v) is 8.46. The number of unbranched alkanes of at least 4 members (excludes halogenated alkanes) is 2. The van der Waals surface area contributed by atoms with Crippen LogP contribution in [0.2, 0.25) is 0 Å². The van der Waals surface area contributed by atoms with Crippen molar-refractivity contribution < 1.29 is 28.8 Å². The number of ether oxygens (including phenoxy) is 4. The summed E-state index contributed by atoms with van der Waals surface area (Å²) in [6, 6.07) is 0. The molecule has 0 saturated carbocycles. The van der Waals surface area contributed by atoms with Gasteiger partial charge in [-0.15, -0.1) is 0 Å². The van der Waals surface area contributed by atoms with Crippen LogP contribution in [0.3, 0.4) is 0 Å². The monoisotopic (exact) mass is 857 g/mol. The molecular weight excluding hydrogens is 745 g/mol. The van der Waals surface area contributed by atoms with E-state index in [4.69, 9.17) is 18.9 Å². The lowest BCUT2D eigenvalue weighted by Crippen LogP contribution is -2.25. The Morgan fingerprint density at radius 3 is 1.20 bits per heavy atom. The first-order chi connectivity index (χ1) is 26.5. The first-order valence-electron chi connectivity index (χ1n) is 23.8. The molecule has 364 valence electrons. The summed E-state index contributed by atoms with van der Waals surface area (Å²) in [5.74, 6) is 0.909. The van der Waals surface area contributed by atoms with E-state index in [1.54, 1.807) is 0 Å². The number of hydrogen-bond acceptors (Lipinski definition) is 6. The Hall–Kier alpha value is -1.11. The number of esters is 1. The van der Waals surface area contributed by atoms with Crippen LogP contribution in [0.1, 0.15) is 243 Å². The van der Waals surface area contributed by atoms with E-state index in [0.717, 1.165) is 57.7 Å². The lowest BCUT2D eigenvalue weighted by molar-refractivity contribution is -0.144. The Morgan fingerprint density at radius 1 is 0.433 bits per heavy atom. The van der Waals surface area contributed by atoms with E-state index >= 15 is 0 Å². The molecule has 0 aliphatic heterocycles. The average molecular weight is 857 g/mol. The standard InChI is InChI=1S/C15H30O2.C15H30O.C12H26O2.C12H26O/c1-14(2,3)10-8-7-9-13(16)17-12-11-15(4,5)6;1-13(16-12-15(5,6)7)10-8-9-11-14(2,3)4;1-11(2,3)7-10(13)8-14-9-12(4,5)6;1-11(2,3)8-7-9-13-10-12(4,5)6/h7-12H2,1-6H3;1,8-12H2,2-7H3;10,13H,7-9H2,1-6H3;7-10H2,1-6H3. The quantitative estimate of drug-likeness (QED) is 0.0747. The highest BCUT2D eigenvalue weighted by Crippen LogP contribution is 2.25. The molecule has 0 amide bonds. The van der Waals surface area contributed by atoms with Gasteiger partial charge in [-0.1, -0.05) is 186 Å². The number of carbonyl (C=O) groups excluding carboxylic acids is 1. The van der Waals surface area contributed by atoms with Crippen LogP contribution in [0.15, 0.2) is 12.3 Å². The van der Waals surface area contributed by atoms with Gasteiger partial charge in [0.25, 0.3) is 0 Å². The molecule has 0 aliphatic carbocycles. The summed E-state index contributed by atoms with van der Waals surface area (Å²) >= 11 is 0. The van der Waals surface area contributed by atoms with Crippen molar-refractivity contribution in [2.24, 2.45) is 43.3 Å². The molecule has 1 atom stereocenters. The molecular formula is C54H112O6. The minimum absolute atomic E-state index is 0.0387. The Labute approximate surface area is 378 Å². The van der Waals surface area contributed by atoms with Crippen LogP contribution in [0.5, 0.6) is 0 Å². The summed E-state index contributed by atoms with van der Waals surface area (Å²) in [5.41, 5.74) is 2.41. The predicted molar refractivity (Wildman–Crippen MR) is 265 cm³/mol. The number of carbonyl (C=O) groups is 1. The zero-order valence-electron chi connectivity index (χ0n) is 45.5. The summed E-state index contributed by atoms with van der Waals surface area (Å²) in [7, 11) is 0. The van der Waals surface area contributed by atoms with Gasteiger partial charge in [0.05, 0.1) is 44.9 Å². The number of hydrogen-bond donors (Lipinski definition) is 1. The maximum absolute atomic E-state index is 11.4. The van der Waals surface area contributed by atoms with Crippen molar-refractivity contribution >= 4 is 5.97 Å². The van der Waals surface area contributed by atoms with Gasteiger partial charge in [-0.05, 0) is 94.7 Å². The highest BCUT2D eigenvalue weighted by molar-refractivity contribution is 5.69. The lowest BCUT2D eigenvalue weighted by Gasteiger charge is -2.24. The van der Waals surface area contributed by atoms with Gasteiger partial charge >= 0.3 is 5.97 Å². The van der Waals surface area contributed by atoms with Gasteiger partial charge < -0.3 is 24.1 Å². The van der Waals surface area contributed by atoms with E-state index < -0.39 is 0 Å². The Morgan fingerprint density at radius 2 is 0.817 bits per heavy atom. The summed E-state index contributed by atoms with van der Waals surface area (Å²) in [4.78, 5) is 11.4. The molecule has 0 aromatic rings. The van der Waals surface area contributed by atoms with Crippen LogP contribution in [-0.2, 0) is 23.7 Å². The van der Waals surface area contributed by atoms with Gasteiger partial charge in [0.2, 0.25) is 0 Å². The first kappa shape index (κ1) is 65.5. The molecule has 0 saturated heterocycles. The fourth-order valence-corrected chi connectivity index (χ4v) is 5.19. The van der Waals surface area contributed by atoms with Gasteiger partial charge in [-0.25, -0.2) is 0 Å². The fraction of sp³-hybridized carbons (Fsp3) is 0.944. The molecule has 0 radical (unpaired) electrons. The van der Waals surface area contributed by atoms with E-state index in [1.165, 1.54) is 38.5 Å².